The van der Waals surface area contributed by atoms with Crippen LogP contribution in [-0.4, -0.2) is 14.8 Å². The predicted octanol–water partition coefficient (Wildman–Crippen LogP) is 5.27. The number of halogens is 1. The maximum atomic E-state index is 6.38. The summed E-state index contributed by atoms with van der Waals surface area (Å²) in [6.07, 6.45) is 5.78. The summed E-state index contributed by atoms with van der Waals surface area (Å²) in [4.78, 5) is 4.20. The number of aromatic nitrogens is 3. The minimum atomic E-state index is -0.198. The molecule has 1 atom stereocenters. The molecule has 0 amide bonds. The molecule has 0 saturated carbocycles. The summed E-state index contributed by atoms with van der Waals surface area (Å²) in [6, 6.07) is 12.6. The molecular formula is C22H26ClN3O. The number of hydrogen-bond donors (Lipinski definition) is 0. The molecule has 0 radical (unpaired) electrons. The Morgan fingerprint density at radius 2 is 1.81 bits per heavy atom. The third-order valence-corrected chi connectivity index (χ3v) is 4.95. The van der Waals surface area contributed by atoms with Gasteiger partial charge in [-0.1, -0.05) is 62.7 Å². The van der Waals surface area contributed by atoms with Crippen molar-refractivity contribution in [2.75, 3.05) is 0 Å². The molecule has 0 saturated heterocycles. The van der Waals surface area contributed by atoms with Crippen LogP contribution in [0.4, 0.5) is 0 Å². The van der Waals surface area contributed by atoms with E-state index in [1.807, 2.05) is 25.4 Å². The molecule has 2 aromatic heterocycles. The average Bonchev–Trinajstić information content (AvgIpc) is 2.98. The molecule has 0 N–H and O–H groups in total. The molecule has 0 bridgehead atoms. The van der Waals surface area contributed by atoms with Crippen molar-refractivity contribution in [3.05, 3.63) is 82.4 Å². The Morgan fingerprint density at radius 1 is 1.07 bits per heavy atom. The first-order valence-electron chi connectivity index (χ1n) is 9.12. The maximum Gasteiger partial charge on any atom is 0.105 e. The number of pyridine rings is 1. The van der Waals surface area contributed by atoms with Gasteiger partial charge in [-0.15, -0.1) is 0 Å². The second kappa shape index (κ2) is 8.24. The van der Waals surface area contributed by atoms with Crippen molar-refractivity contribution in [3.63, 3.8) is 0 Å². The Bertz CT molecular complexity index is 847. The van der Waals surface area contributed by atoms with E-state index < -0.39 is 0 Å². The summed E-state index contributed by atoms with van der Waals surface area (Å²) in [7, 11) is 1.89. The van der Waals surface area contributed by atoms with Gasteiger partial charge in [-0.3, -0.25) is 9.67 Å². The second-order valence-corrected chi connectivity index (χ2v) is 8.22. The van der Waals surface area contributed by atoms with E-state index in [0.29, 0.717) is 18.1 Å². The topological polar surface area (TPSA) is 39.9 Å². The van der Waals surface area contributed by atoms with Gasteiger partial charge >= 0.3 is 0 Å². The first-order valence-corrected chi connectivity index (χ1v) is 9.49. The first-order chi connectivity index (χ1) is 12.8. The molecule has 2 heterocycles. The highest BCUT2D eigenvalue weighted by atomic mass is 35.5. The van der Waals surface area contributed by atoms with Gasteiger partial charge in [-0.05, 0) is 28.2 Å². The van der Waals surface area contributed by atoms with E-state index >= 15 is 0 Å². The van der Waals surface area contributed by atoms with Crippen LogP contribution < -0.4 is 0 Å². The van der Waals surface area contributed by atoms with Crippen molar-refractivity contribution in [2.24, 2.45) is 7.05 Å². The Hall–Kier alpha value is -2.17. The molecule has 3 aromatic rings. The summed E-state index contributed by atoms with van der Waals surface area (Å²) in [5.41, 5.74) is 4.57. The third kappa shape index (κ3) is 4.96. The zero-order valence-electron chi connectivity index (χ0n) is 16.3. The normalized spacial score (nSPS) is 12.9. The second-order valence-electron chi connectivity index (χ2n) is 7.81. The largest absolute Gasteiger partial charge is 0.367 e. The van der Waals surface area contributed by atoms with E-state index in [-0.39, 0.29) is 11.5 Å². The molecule has 1 aromatic carbocycles. The Labute approximate surface area is 166 Å². The molecule has 27 heavy (non-hydrogen) atoms. The lowest BCUT2D eigenvalue weighted by Crippen LogP contribution is -2.14. The third-order valence-electron chi connectivity index (χ3n) is 4.66. The monoisotopic (exact) mass is 383 g/mol. The van der Waals surface area contributed by atoms with Gasteiger partial charge in [0.05, 0.1) is 23.5 Å². The molecule has 0 aliphatic rings. The van der Waals surface area contributed by atoms with Gasteiger partial charge < -0.3 is 4.74 Å². The summed E-state index contributed by atoms with van der Waals surface area (Å²) < 4.78 is 8.07. The van der Waals surface area contributed by atoms with Gasteiger partial charge in [0.15, 0.2) is 0 Å². The van der Waals surface area contributed by atoms with Crippen molar-refractivity contribution >= 4 is 11.6 Å². The highest BCUT2D eigenvalue weighted by molar-refractivity contribution is 6.31. The van der Waals surface area contributed by atoms with Crippen molar-refractivity contribution in [2.45, 2.75) is 45.3 Å². The SMILES string of the molecule is Cn1ncc(Cl)c1C(Cc1cccnc1)OCc1ccc(C(C)(C)C)cc1. The van der Waals surface area contributed by atoms with Crippen LogP contribution in [0, 0.1) is 0 Å². The highest BCUT2D eigenvalue weighted by Crippen LogP contribution is 2.29. The van der Waals surface area contributed by atoms with Crippen LogP contribution >= 0.6 is 11.6 Å². The lowest BCUT2D eigenvalue weighted by atomic mass is 9.87. The summed E-state index contributed by atoms with van der Waals surface area (Å²) in [6.45, 7) is 7.16. The van der Waals surface area contributed by atoms with Crippen LogP contribution in [0.5, 0.6) is 0 Å². The van der Waals surface area contributed by atoms with E-state index in [1.165, 1.54) is 5.56 Å². The van der Waals surface area contributed by atoms with Gasteiger partial charge in [0.1, 0.15) is 6.10 Å². The Kier molecular flexibility index (Phi) is 5.98. The van der Waals surface area contributed by atoms with E-state index in [9.17, 15) is 0 Å². The van der Waals surface area contributed by atoms with Crippen molar-refractivity contribution in [1.82, 2.24) is 14.8 Å². The van der Waals surface area contributed by atoms with Gasteiger partial charge in [0.25, 0.3) is 0 Å². The van der Waals surface area contributed by atoms with E-state index in [2.05, 4.69) is 55.1 Å². The van der Waals surface area contributed by atoms with Gasteiger partial charge in [0.2, 0.25) is 0 Å². The lowest BCUT2D eigenvalue weighted by molar-refractivity contribution is 0.0346. The molecule has 4 nitrogen and oxygen atoms in total. The molecule has 0 aliphatic heterocycles. The highest BCUT2D eigenvalue weighted by Gasteiger charge is 2.21. The average molecular weight is 384 g/mol. The van der Waals surface area contributed by atoms with Crippen LogP contribution in [0.15, 0.2) is 55.0 Å². The van der Waals surface area contributed by atoms with E-state index in [1.54, 1.807) is 17.1 Å². The molecule has 3 rings (SSSR count). The summed E-state index contributed by atoms with van der Waals surface area (Å²) >= 11 is 6.38. The van der Waals surface area contributed by atoms with Crippen LogP contribution in [0.1, 0.15) is 49.3 Å². The summed E-state index contributed by atoms with van der Waals surface area (Å²) in [5.74, 6) is 0. The fourth-order valence-corrected chi connectivity index (χ4v) is 3.34. The van der Waals surface area contributed by atoms with Crippen LogP contribution in [0.3, 0.4) is 0 Å². The zero-order chi connectivity index (χ0) is 19.4. The van der Waals surface area contributed by atoms with Gasteiger partial charge in [0, 0.05) is 25.9 Å². The molecular weight excluding hydrogens is 358 g/mol. The molecule has 5 heteroatoms. The van der Waals surface area contributed by atoms with Gasteiger partial charge in [-0.2, -0.15) is 5.10 Å². The number of ether oxygens (including phenoxy) is 1. The van der Waals surface area contributed by atoms with Crippen molar-refractivity contribution < 1.29 is 4.74 Å². The number of nitrogens with zero attached hydrogens (tertiary/aromatic N) is 3. The molecule has 1 unspecified atom stereocenters. The minimum Gasteiger partial charge on any atom is -0.367 e. The molecule has 142 valence electrons. The standard InChI is InChI=1S/C22H26ClN3O/c1-22(2,3)18-9-7-16(8-10-18)15-27-20(12-17-6-5-11-24-13-17)21-19(23)14-25-26(21)4/h5-11,13-14,20H,12,15H2,1-4H3. The van der Waals surface area contributed by atoms with Crippen LogP contribution in [0.2, 0.25) is 5.02 Å². The van der Waals surface area contributed by atoms with Crippen LogP contribution in [0.25, 0.3) is 0 Å². The zero-order valence-corrected chi connectivity index (χ0v) is 17.1. The van der Waals surface area contributed by atoms with E-state index in [4.69, 9.17) is 16.3 Å². The first kappa shape index (κ1) is 19.6. The fourth-order valence-electron chi connectivity index (χ4n) is 3.05. The molecule has 0 spiro atoms. The Morgan fingerprint density at radius 3 is 2.37 bits per heavy atom. The predicted molar refractivity (Wildman–Crippen MR) is 109 cm³/mol. The minimum absolute atomic E-state index is 0.143. The fraction of sp³-hybridized carbons (Fsp3) is 0.364. The molecule has 0 fully saturated rings. The van der Waals surface area contributed by atoms with Crippen molar-refractivity contribution in [1.29, 1.82) is 0 Å². The number of hydrogen-bond acceptors (Lipinski definition) is 3. The number of rotatable bonds is 6. The quantitative estimate of drug-likeness (QED) is 0.582. The number of aryl methyl sites for hydroxylation is 1. The number of benzene rings is 1. The Balaban J connectivity index is 1.77. The maximum absolute atomic E-state index is 6.38. The lowest BCUT2D eigenvalue weighted by Gasteiger charge is -2.21. The molecule has 0 aliphatic carbocycles. The summed E-state index contributed by atoms with van der Waals surface area (Å²) in [5, 5.41) is 4.88. The smallest absolute Gasteiger partial charge is 0.105 e. The van der Waals surface area contributed by atoms with E-state index in [0.717, 1.165) is 16.8 Å². The van der Waals surface area contributed by atoms with Gasteiger partial charge in [-0.25, -0.2) is 0 Å². The van der Waals surface area contributed by atoms with Crippen molar-refractivity contribution in [3.8, 4) is 0 Å². The van der Waals surface area contributed by atoms with Crippen LogP contribution in [-0.2, 0) is 30.2 Å².